The zero-order valence-corrected chi connectivity index (χ0v) is 71.7. The van der Waals surface area contributed by atoms with Crippen molar-refractivity contribution in [2.75, 3.05) is 13.1 Å². The molecule has 0 saturated heterocycles. The topological polar surface area (TPSA) is 74.8 Å². The summed E-state index contributed by atoms with van der Waals surface area (Å²) >= 11 is 7.36. The average Bonchev–Trinajstić information content (AvgIpc) is 1.12. The van der Waals surface area contributed by atoms with Crippen LogP contribution in [0.4, 0.5) is 0 Å². The van der Waals surface area contributed by atoms with Gasteiger partial charge in [-0.2, -0.15) is 0 Å². The van der Waals surface area contributed by atoms with E-state index in [0.29, 0.717) is 69.8 Å². The molecule has 0 fully saturated rings. The lowest BCUT2D eigenvalue weighted by molar-refractivity contribution is 0.0587. The van der Waals surface area contributed by atoms with Crippen molar-refractivity contribution in [3.8, 4) is 40.4 Å². The van der Waals surface area contributed by atoms with Crippen molar-refractivity contribution in [1.29, 1.82) is 0 Å². The van der Waals surface area contributed by atoms with Crippen LogP contribution >= 0.6 is 45.3 Å². The molecule has 0 N–H and O–H groups in total. The molecule has 6 heterocycles. The van der Waals surface area contributed by atoms with Gasteiger partial charge in [-0.25, -0.2) is 0 Å². The van der Waals surface area contributed by atoms with Crippen LogP contribution in [-0.2, 0) is 10.8 Å². The third-order valence-electron chi connectivity index (χ3n) is 26.3. The number of benzene rings is 2. The van der Waals surface area contributed by atoms with Gasteiger partial charge in [0.2, 0.25) is 0 Å². The van der Waals surface area contributed by atoms with Crippen molar-refractivity contribution in [3.05, 3.63) is 91.7 Å². The molecule has 0 radical (unpaired) electrons. The van der Waals surface area contributed by atoms with Crippen molar-refractivity contribution in [2.24, 2.45) is 23.7 Å². The Kier molecular flexibility index (Phi) is 33.7. The van der Waals surface area contributed by atoms with E-state index in [1.165, 1.54) is 260 Å². The lowest BCUT2D eigenvalue weighted by Gasteiger charge is -2.38. The number of carbonyl (C=O) groups is 4. The van der Waals surface area contributed by atoms with Crippen LogP contribution in [0.1, 0.15) is 441 Å². The van der Waals surface area contributed by atoms with Crippen molar-refractivity contribution in [2.45, 2.75) is 388 Å². The Bertz CT molecular complexity index is 3460. The Morgan fingerprint density at radius 1 is 0.302 bits per heavy atom. The molecule has 2 aromatic carbocycles. The molecule has 584 valence electrons. The molecule has 10 heteroatoms. The van der Waals surface area contributed by atoms with Gasteiger partial charge in [-0.15, -0.1) is 45.3 Å². The van der Waals surface area contributed by atoms with Crippen molar-refractivity contribution in [1.82, 2.24) is 9.80 Å². The molecular formula is C96H142N2O4S4. The Hall–Kier alpha value is -4.22. The minimum Gasteiger partial charge on any atom is -0.274 e. The zero-order chi connectivity index (χ0) is 75.0. The number of nitrogens with zero attached hydrogens (tertiary/aromatic N) is 2. The number of rotatable bonds is 56. The van der Waals surface area contributed by atoms with Gasteiger partial charge < -0.3 is 0 Å². The Labute approximate surface area is 661 Å². The first-order valence-corrected chi connectivity index (χ1v) is 48.1. The summed E-state index contributed by atoms with van der Waals surface area (Å²) in [7, 11) is 0. The summed E-state index contributed by atoms with van der Waals surface area (Å²) < 4.78 is 0. The van der Waals surface area contributed by atoms with Crippen LogP contribution < -0.4 is 0 Å². The molecule has 4 amide bonds. The van der Waals surface area contributed by atoms with Crippen molar-refractivity contribution in [3.63, 3.8) is 0 Å². The van der Waals surface area contributed by atoms with E-state index in [-0.39, 0.29) is 34.5 Å². The average molecular weight is 1520 g/mol. The van der Waals surface area contributed by atoms with Gasteiger partial charge >= 0.3 is 0 Å². The van der Waals surface area contributed by atoms with Gasteiger partial charge in [0.1, 0.15) is 0 Å². The molecule has 4 atom stereocenters. The summed E-state index contributed by atoms with van der Waals surface area (Å²) in [5.41, 5.74) is 8.85. The number of unbranched alkanes of at least 4 members (excludes halogenated alkanes) is 30. The van der Waals surface area contributed by atoms with E-state index in [2.05, 4.69) is 116 Å². The molecule has 2 aliphatic carbocycles. The third-order valence-corrected chi connectivity index (χ3v) is 30.8. The SMILES string of the molecule is CCCCCCCCCCCCCCCCN1C(=O)c2cc(-c3cc4c(s3)-c3sccc3C4(CC(CC)CCCC)CC(CC)CCCC)c3c4c(cc(-c5cc6c(s5)-c5sccc5C6(CC(CC)CCCC)CC(CC)CCCC)c(c24)C1=O)C(=O)N(CCCCCCCCCCCCCCCC)C3=O. The van der Waals surface area contributed by atoms with Crippen LogP contribution in [0.3, 0.4) is 0 Å². The minimum atomic E-state index is -0.290. The molecular weight excluding hydrogens is 1370 g/mol. The zero-order valence-electron chi connectivity index (χ0n) is 68.4. The number of hydrogen-bond donors (Lipinski definition) is 0. The van der Waals surface area contributed by atoms with Crippen LogP contribution in [-0.4, -0.2) is 46.5 Å². The summed E-state index contributed by atoms with van der Waals surface area (Å²) in [6, 6.07) is 14.0. The fourth-order valence-corrected chi connectivity index (χ4v) is 24.7. The molecule has 4 aliphatic rings. The van der Waals surface area contributed by atoms with Gasteiger partial charge in [0.05, 0.1) is 11.1 Å². The highest BCUT2D eigenvalue weighted by Gasteiger charge is 2.51. The maximum atomic E-state index is 16.4. The number of thiophene rings is 4. The van der Waals surface area contributed by atoms with E-state index in [1.54, 1.807) is 9.80 Å². The highest BCUT2D eigenvalue weighted by atomic mass is 32.1. The Balaban J connectivity index is 1.10. The predicted octanol–water partition coefficient (Wildman–Crippen LogP) is 31.5. The van der Waals surface area contributed by atoms with E-state index in [0.717, 1.165) is 111 Å². The standard InChI is InChI=1S/C96H142N2O4S4/c1-11-21-27-29-31-33-35-37-39-41-43-45-47-49-57-97-91(99)75-61-74(82-64-80-90(106-82)88-78(56-60-104-88)96(80,67-71(19-9)53-25-15-5)68-72(20-10)54-26-16-6)86-84-76(92(100)98(94(86)102)58-50-48-46-44-42-40-38-36-34-32-30-28-22-12-2)62-73(85(83(75)84)93(97)101)81-63-79-89(105-81)87-77(55-59-103-87)95(79,65-69(17-7)51-23-13-3)66-70(18-8)52-24-14-4/h55-56,59-64,69-72H,11-54,57-58,65-68H2,1-10H3. The van der Waals surface area contributed by atoms with E-state index >= 15 is 19.2 Å². The smallest absolute Gasteiger partial charge is 0.262 e. The highest BCUT2D eigenvalue weighted by Crippen LogP contribution is 2.64. The van der Waals surface area contributed by atoms with E-state index in [9.17, 15) is 0 Å². The summed E-state index contributed by atoms with van der Waals surface area (Å²) in [4.78, 5) is 75.9. The second-order valence-electron chi connectivity index (χ2n) is 33.8. The van der Waals surface area contributed by atoms with Crippen LogP contribution in [0.5, 0.6) is 0 Å². The molecule has 6 nitrogen and oxygen atoms in total. The normalized spacial score (nSPS) is 17.7. The van der Waals surface area contributed by atoms with E-state index in [4.69, 9.17) is 0 Å². The van der Waals surface area contributed by atoms with Crippen LogP contribution in [0.2, 0.25) is 0 Å². The summed E-state index contributed by atoms with van der Waals surface area (Å²) in [6.07, 6.45) is 57.7. The second kappa shape index (κ2) is 42.4. The molecule has 0 saturated carbocycles. The summed E-state index contributed by atoms with van der Waals surface area (Å²) in [5.74, 6) is 1.12. The first-order chi connectivity index (χ1) is 51.9. The summed E-state index contributed by atoms with van der Waals surface area (Å²) in [5, 5.41) is 5.70. The van der Waals surface area contributed by atoms with Crippen molar-refractivity contribution < 1.29 is 19.2 Å². The number of fused-ring (bicyclic) bond motifs is 6. The van der Waals surface area contributed by atoms with Crippen LogP contribution in [0.15, 0.2) is 47.2 Å². The highest BCUT2D eigenvalue weighted by molar-refractivity contribution is 7.24. The van der Waals surface area contributed by atoms with Gasteiger partial charge in [0.25, 0.3) is 23.6 Å². The lowest BCUT2D eigenvalue weighted by Crippen LogP contribution is -2.44. The number of carbonyl (C=O) groups excluding carboxylic acids is 4. The lowest BCUT2D eigenvalue weighted by atomic mass is 9.65. The van der Waals surface area contributed by atoms with Crippen molar-refractivity contribution >= 4 is 79.7 Å². The van der Waals surface area contributed by atoms with Gasteiger partial charge in [-0.05, 0) is 132 Å². The fourth-order valence-electron chi connectivity index (χ4n) is 19.8. The largest absolute Gasteiger partial charge is 0.274 e. The molecule has 106 heavy (non-hydrogen) atoms. The van der Waals surface area contributed by atoms with Gasteiger partial charge in [-0.1, -0.05) is 339 Å². The predicted molar refractivity (Wildman–Crippen MR) is 462 cm³/mol. The quantitative estimate of drug-likeness (QED) is 0.0282. The first kappa shape index (κ1) is 84.2. The van der Waals surface area contributed by atoms with Gasteiger partial charge in [0, 0.05) is 86.2 Å². The Morgan fingerprint density at radius 2 is 0.575 bits per heavy atom. The number of hydrogen-bond acceptors (Lipinski definition) is 8. The molecule has 6 aromatic rings. The summed E-state index contributed by atoms with van der Waals surface area (Å²) in [6.45, 7) is 24.2. The molecule has 4 aromatic heterocycles. The number of imide groups is 2. The molecule has 0 spiro atoms. The maximum Gasteiger partial charge on any atom is 0.262 e. The molecule has 0 bridgehead atoms. The van der Waals surface area contributed by atoms with Crippen LogP contribution in [0.25, 0.3) is 51.2 Å². The fraction of sp³-hybridized carbons (Fsp3) is 0.688. The maximum absolute atomic E-state index is 16.4. The monoisotopic (exact) mass is 1510 g/mol. The van der Waals surface area contributed by atoms with Crippen LogP contribution in [0, 0.1) is 23.7 Å². The minimum absolute atomic E-state index is 0.188. The third kappa shape index (κ3) is 19.4. The first-order valence-electron chi connectivity index (χ1n) is 44.7. The molecule has 10 rings (SSSR count). The van der Waals surface area contributed by atoms with E-state index in [1.807, 2.05) is 45.3 Å². The van der Waals surface area contributed by atoms with E-state index < -0.39 is 0 Å². The second-order valence-corrected chi connectivity index (χ2v) is 37.8. The molecule has 2 aliphatic heterocycles. The Morgan fingerprint density at radius 3 is 0.849 bits per heavy atom. The molecule has 4 unspecified atom stereocenters. The van der Waals surface area contributed by atoms with Gasteiger partial charge in [-0.3, -0.25) is 29.0 Å². The number of amides is 4. The van der Waals surface area contributed by atoms with Gasteiger partial charge in [0.15, 0.2) is 0 Å².